The number of carbonyl (C=O) groups excluding carboxylic acids is 1. The molecule has 1 N–H and O–H groups in total. The van der Waals surface area contributed by atoms with E-state index in [2.05, 4.69) is 4.98 Å². The second-order valence-electron chi connectivity index (χ2n) is 5.18. The lowest BCUT2D eigenvalue weighted by molar-refractivity contribution is -0.131. The van der Waals surface area contributed by atoms with Crippen molar-refractivity contribution >= 4 is 5.91 Å². The lowest BCUT2D eigenvalue weighted by atomic mass is 10.1. The molecule has 1 aromatic heterocycles. The smallest absolute Gasteiger partial charge is 0.228 e. The Morgan fingerprint density at radius 1 is 1.29 bits per heavy atom. The Morgan fingerprint density at radius 3 is 2.67 bits per heavy atom. The minimum absolute atomic E-state index is 0.0208. The number of benzene rings is 1. The van der Waals surface area contributed by atoms with Crippen LogP contribution in [-0.2, 0) is 11.2 Å². The van der Waals surface area contributed by atoms with Crippen molar-refractivity contribution in [2.24, 2.45) is 0 Å². The first-order chi connectivity index (χ1) is 10.0. The number of nitrogens with zero attached hydrogens (tertiary/aromatic N) is 2. The van der Waals surface area contributed by atoms with Crippen molar-refractivity contribution < 1.29 is 9.90 Å². The minimum Gasteiger partial charge on any atom is -0.508 e. The van der Waals surface area contributed by atoms with E-state index in [-0.39, 0.29) is 24.1 Å². The van der Waals surface area contributed by atoms with E-state index in [1.807, 2.05) is 38.1 Å². The average Bonchev–Trinajstić information content (AvgIpc) is 2.48. The molecule has 110 valence electrons. The Hall–Kier alpha value is -2.36. The van der Waals surface area contributed by atoms with Crippen LogP contribution in [0.1, 0.15) is 29.8 Å². The highest BCUT2D eigenvalue weighted by Gasteiger charge is 2.20. The summed E-state index contributed by atoms with van der Waals surface area (Å²) in [5.41, 5.74) is 2.54. The predicted octanol–water partition coefficient (Wildman–Crippen LogP) is 2.86. The number of likely N-dealkylation sites (N-methyl/N-ethyl adjacent to an activating group) is 1. The maximum Gasteiger partial charge on any atom is 0.228 e. The Balaban J connectivity index is 2.13. The number of carbonyl (C=O) groups is 1. The van der Waals surface area contributed by atoms with Gasteiger partial charge in [0, 0.05) is 18.8 Å². The van der Waals surface area contributed by atoms with Crippen LogP contribution in [0, 0.1) is 6.92 Å². The van der Waals surface area contributed by atoms with Gasteiger partial charge in [-0.1, -0.05) is 24.3 Å². The number of amides is 1. The zero-order valence-corrected chi connectivity index (χ0v) is 12.6. The monoisotopic (exact) mass is 284 g/mol. The molecule has 0 saturated heterocycles. The summed E-state index contributed by atoms with van der Waals surface area (Å²) in [5.74, 6) is 0.186. The van der Waals surface area contributed by atoms with Gasteiger partial charge in [0.2, 0.25) is 5.91 Å². The summed E-state index contributed by atoms with van der Waals surface area (Å²) >= 11 is 0. The third kappa shape index (κ3) is 3.40. The molecule has 21 heavy (non-hydrogen) atoms. The Labute approximate surface area is 125 Å². The highest BCUT2D eigenvalue weighted by Crippen LogP contribution is 2.27. The van der Waals surface area contributed by atoms with E-state index in [9.17, 15) is 9.90 Å². The van der Waals surface area contributed by atoms with Gasteiger partial charge in [-0.2, -0.15) is 0 Å². The van der Waals surface area contributed by atoms with Gasteiger partial charge < -0.3 is 10.0 Å². The van der Waals surface area contributed by atoms with Crippen LogP contribution in [0.4, 0.5) is 0 Å². The summed E-state index contributed by atoms with van der Waals surface area (Å²) < 4.78 is 0. The largest absolute Gasteiger partial charge is 0.508 e. The number of hydrogen-bond acceptors (Lipinski definition) is 3. The van der Waals surface area contributed by atoms with Crippen molar-refractivity contribution in [3.05, 3.63) is 59.4 Å². The Bertz CT molecular complexity index is 640. The molecular weight excluding hydrogens is 264 g/mol. The van der Waals surface area contributed by atoms with Gasteiger partial charge in [0.25, 0.3) is 0 Å². The molecule has 0 bridgehead atoms. The molecule has 4 heteroatoms. The zero-order chi connectivity index (χ0) is 15.4. The first-order valence-corrected chi connectivity index (χ1v) is 6.94. The molecule has 1 unspecified atom stereocenters. The minimum atomic E-state index is -0.192. The molecule has 0 aliphatic heterocycles. The van der Waals surface area contributed by atoms with E-state index in [1.165, 1.54) is 0 Å². The van der Waals surface area contributed by atoms with Crippen molar-refractivity contribution in [1.29, 1.82) is 0 Å². The number of aromatic nitrogens is 1. The number of para-hydroxylation sites is 1. The highest BCUT2D eigenvalue weighted by atomic mass is 16.3. The van der Waals surface area contributed by atoms with E-state index in [0.29, 0.717) is 0 Å². The first-order valence-electron chi connectivity index (χ1n) is 6.94. The number of hydrogen-bond donors (Lipinski definition) is 1. The van der Waals surface area contributed by atoms with E-state index < -0.39 is 0 Å². The van der Waals surface area contributed by atoms with Crippen LogP contribution in [-0.4, -0.2) is 27.9 Å². The van der Waals surface area contributed by atoms with Crippen LogP contribution in [0.15, 0.2) is 42.6 Å². The zero-order valence-electron chi connectivity index (χ0n) is 12.6. The van der Waals surface area contributed by atoms with Gasteiger partial charge in [-0.25, -0.2) is 0 Å². The molecule has 2 rings (SSSR count). The van der Waals surface area contributed by atoms with Crippen molar-refractivity contribution in [3.8, 4) is 5.75 Å². The first kappa shape index (κ1) is 15.0. The van der Waals surface area contributed by atoms with Crippen LogP contribution in [0.25, 0.3) is 0 Å². The van der Waals surface area contributed by atoms with Gasteiger partial charge in [0.1, 0.15) is 5.75 Å². The molecule has 2 aromatic rings. The van der Waals surface area contributed by atoms with Crippen LogP contribution in [0.3, 0.4) is 0 Å². The van der Waals surface area contributed by atoms with Crippen LogP contribution >= 0.6 is 0 Å². The maximum absolute atomic E-state index is 12.4. The number of aryl methyl sites for hydroxylation is 1. The van der Waals surface area contributed by atoms with Crippen molar-refractivity contribution in [1.82, 2.24) is 9.88 Å². The molecule has 0 fully saturated rings. The second-order valence-corrected chi connectivity index (χ2v) is 5.18. The molecule has 0 spiro atoms. The normalized spacial score (nSPS) is 12.0. The molecule has 1 amide bonds. The number of phenolic OH excluding ortho intramolecular Hbond substituents is 1. The van der Waals surface area contributed by atoms with Gasteiger partial charge in [-0.3, -0.25) is 9.78 Å². The standard InChI is InChI=1S/C17H20N2O2/c1-12-7-6-10-18-15(12)11-17(21)19(3)13(2)14-8-4-5-9-16(14)20/h4-10,13,20H,11H2,1-3H3. The summed E-state index contributed by atoms with van der Waals surface area (Å²) in [4.78, 5) is 18.3. The SMILES string of the molecule is Cc1cccnc1CC(=O)N(C)C(C)c1ccccc1O. The molecule has 0 radical (unpaired) electrons. The van der Waals surface area contributed by atoms with Gasteiger partial charge >= 0.3 is 0 Å². The molecule has 1 heterocycles. The second kappa shape index (κ2) is 6.39. The summed E-state index contributed by atoms with van der Waals surface area (Å²) in [7, 11) is 1.75. The molecule has 1 atom stereocenters. The number of phenols is 1. The molecule has 0 aliphatic rings. The molecule has 4 nitrogen and oxygen atoms in total. The van der Waals surface area contributed by atoms with E-state index in [1.54, 1.807) is 30.3 Å². The number of rotatable bonds is 4. The fraction of sp³-hybridized carbons (Fsp3) is 0.294. The number of aromatic hydroxyl groups is 1. The fourth-order valence-corrected chi connectivity index (χ4v) is 2.24. The summed E-state index contributed by atoms with van der Waals surface area (Å²) in [6, 6.07) is 10.7. The summed E-state index contributed by atoms with van der Waals surface area (Å²) in [6.45, 7) is 3.85. The van der Waals surface area contributed by atoms with Crippen molar-refractivity contribution in [2.45, 2.75) is 26.3 Å². The van der Waals surface area contributed by atoms with Crippen molar-refractivity contribution in [3.63, 3.8) is 0 Å². The third-order valence-electron chi connectivity index (χ3n) is 3.80. The maximum atomic E-state index is 12.4. The molecular formula is C17H20N2O2. The van der Waals surface area contributed by atoms with E-state index >= 15 is 0 Å². The predicted molar refractivity (Wildman–Crippen MR) is 82.0 cm³/mol. The topological polar surface area (TPSA) is 53.4 Å². The highest BCUT2D eigenvalue weighted by molar-refractivity contribution is 5.79. The molecule has 0 aliphatic carbocycles. The van der Waals surface area contributed by atoms with Crippen LogP contribution in [0.5, 0.6) is 5.75 Å². The van der Waals surface area contributed by atoms with Gasteiger partial charge in [-0.15, -0.1) is 0 Å². The van der Waals surface area contributed by atoms with Crippen LogP contribution < -0.4 is 0 Å². The lowest BCUT2D eigenvalue weighted by Crippen LogP contribution is -2.31. The number of pyridine rings is 1. The third-order valence-corrected chi connectivity index (χ3v) is 3.80. The van der Waals surface area contributed by atoms with Crippen molar-refractivity contribution in [2.75, 3.05) is 7.05 Å². The quantitative estimate of drug-likeness (QED) is 0.939. The average molecular weight is 284 g/mol. The lowest BCUT2D eigenvalue weighted by Gasteiger charge is -2.26. The van der Waals surface area contributed by atoms with Gasteiger partial charge in [-0.05, 0) is 31.5 Å². The van der Waals surface area contributed by atoms with E-state index in [4.69, 9.17) is 0 Å². The fourth-order valence-electron chi connectivity index (χ4n) is 2.24. The van der Waals surface area contributed by atoms with E-state index in [0.717, 1.165) is 16.8 Å². The van der Waals surface area contributed by atoms with Gasteiger partial charge in [0.15, 0.2) is 0 Å². The Kier molecular flexibility index (Phi) is 4.58. The summed E-state index contributed by atoms with van der Waals surface area (Å²) in [6.07, 6.45) is 1.96. The molecule has 1 aromatic carbocycles. The van der Waals surface area contributed by atoms with Gasteiger partial charge in [0.05, 0.1) is 18.2 Å². The molecule has 0 saturated carbocycles. The van der Waals surface area contributed by atoms with Crippen LogP contribution in [0.2, 0.25) is 0 Å². The Morgan fingerprint density at radius 2 is 2.00 bits per heavy atom. The summed E-state index contributed by atoms with van der Waals surface area (Å²) in [5, 5.41) is 9.90.